The predicted octanol–water partition coefficient (Wildman–Crippen LogP) is 2.34. The molecule has 0 fully saturated rings. The lowest BCUT2D eigenvalue weighted by Crippen LogP contribution is -2.32. The van der Waals surface area contributed by atoms with Gasteiger partial charge in [-0.1, -0.05) is 0 Å². The third kappa shape index (κ3) is 3.14. The maximum atomic E-state index is 12.8. The van der Waals surface area contributed by atoms with Crippen molar-refractivity contribution in [2.45, 2.75) is 32.1 Å². The maximum absolute atomic E-state index is 12.8. The zero-order chi connectivity index (χ0) is 18.3. The Hall–Kier alpha value is -2.56. The monoisotopic (exact) mass is 382 g/mol. The Morgan fingerprint density at radius 2 is 2.08 bits per heavy atom. The van der Waals surface area contributed by atoms with Crippen molar-refractivity contribution >= 4 is 28.7 Å². The molecule has 1 amide bonds. The van der Waals surface area contributed by atoms with Gasteiger partial charge in [0.25, 0.3) is 5.91 Å². The molecule has 1 N–H and O–H groups in total. The number of amides is 1. The lowest BCUT2D eigenvalue weighted by atomic mass is 9.97. The maximum Gasteiger partial charge on any atom is 0.392 e. The smallest absolute Gasteiger partial charge is 0.345 e. The Morgan fingerprint density at radius 3 is 2.88 bits per heavy atom. The minimum Gasteiger partial charge on any atom is -0.345 e. The molecule has 3 heterocycles. The molecule has 0 saturated carbocycles. The Kier molecular flexibility index (Phi) is 4.10. The van der Waals surface area contributed by atoms with E-state index in [9.17, 15) is 18.0 Å². The van der Waals surface area contributed by atoms with Gasteiger partial charge in [0.2, 0.25) is 0 Å². The molecule has 0 aliphatic carbocycles. The van der Waals surface area contributed by atoms with Crippen molar-refractivity contribution in [1.82, 2.24) is 28.8 Å². The normalized spacial score (nSPS) is 17.3. The van der Waals surface area contributed by atoms with Crippen LogP contribution in [0.2, 0.25) is 0 Å². The number of benzene rings is 1. The summed E-state index contributed by atoms with van der Waals surface area (Å²) in [7, 11) is 0. The number of hydrogen-bond acceptors (Lipinski definition) is 6. The minimum absolute atomic E-state index is 0.0109. The van der Waals surface area contributed by atoms with E-state index in [1.807, 2.05) is 0 Å². The number of carbonyl (C=O) groups is 1. The van der Waals surface area contributed by atoms with Gasteiger partial charge >= 0.3 is 6.18 Å². The molecule has 3 aromatic rings. The predicted molar refractivity (Wildman–Crippen MR) is 86.5 cm³/mol. The molecular formula is C15H13F3N6OS. The molecule has 1 aliphatic rings. The number of hydrogen-bond donors (Lipinski definition) is 1. The summed E-state index contributed by atoms with van der Waals surface area (Å²) in [6.07, 6.45) is -4.42. The Balaban J connectivity index is 1.44. The number of rotatable bonds is 3. The minimum atomic E-state index is -4.23. The zero-order valence-electron chi connectivity index (χ0n) is 13.3. The van der Waals surface area contributed by atoms with Crippen LogP contribution in [0.15, 0.2) is 18.2 Å². The van der Waals surface area contributed by atoms with E-state index in [2.05, 4.69) is 24.3 Å². The average Bonchev–Trinajstić information content (AvgIpc) is 3.24. The van der Waals surface area contributed by atoms with Crippen molar-refractivity contribution < 1.29 is 18.0 Å². The first-order valence-corrected chi connectivity index (χ1v) is 8.63. The molecule has 1 aliphatic heterocycles. The number of carbonyl (C=O) groups excluding carboxylic acids is 1. The molecule has 136 valence electrons. The molecule has 1 unspecified atom stereocenters. The molecule has 0 saturated heterocycles. The molecule has 2 aromatic heterocycles. The van der Waals surface area contributed by atoms with E-state index in [0.717, 1.165) is 17.2 Å². The van der Waals surface area contributed by atoms with Crippen LogP contribution < -0.4 is 5.32 Å². The highest BCUT2D eigenvalue weighted by atomic mass is 32.1. The summed E-state index contributed by atoms with van der Waals surface area (Å²) in [5.74, 6) is -0.954. The summed E-state index contributed by atoms with van der Waals surface area (Å²) in [4.78, 5) is 12.3. The highest BCUT2D eigenvalue weighted by Crippen LogP contribution is 2.34. The molecule has 0 bridgehead atoms. The fraction of sp³-hybridized carbons (Fsp3) is 0.400. The van der Waals surface area contributed by atoms with Gasteiger partial charge in [-0.3, -0.25) is 4.79 Å². The fourth-order valence-electron chi connectivity index (χ4n) is 2.98. The van der Waals surface area contributed by atoms with Gasteiger partial charge in [-0.05, 0) is 24.6 Å². The number of halogens is 3. The van der Waals surface area contributed by atoms with Gasteiger partial charge in [0.1, 0.15) is 16.9 Å². The first-order chi connectivity index (χ1) is 12.4. The van der Waals surface area contributed by atoms with Crippen molar-refractivity contribution in [2.24, 2.45) is 5.92 Å². The number of nitrogens with zero attached hydrogens (tertiary/aromatic N) is 5. The molecule has 1 atom stereocenters. The summed E-state index contributed by atoms with van der Waals surface area (Å²) < 4.78 is 48.4. The van der Waals surface area contributed by atoms with Gasteiger partial charge in [-0.25, -0.2) is 0 Å². The van der Waals surface area contributed by atoms with E-state index in [1.54, 1.807) is 22.8 Å². The van der Waals surface area contributed by atoms with E-state index < -0.39 is 12.1 Å². The molecule has 0 radical (unpaired) electrons. The highest BCUT2D eigenvalue weighted by molar-refractivity contribution is 7.00. The zero-order valence-corrected chi connectivity index (χ0v) is 14.1. The fourth-order valence-corrected chi connectivity index (χ4v) is 3.50. The largest absolute Gasteiger partial charge is 0.392 e. The van der Waals surface area contributed by atoms with Crippen LogP contribution >= 0.6 is 11.7 Å². The van der Waals surface area contributed by atoms with Crippen LogP contribution in [0, 0.1) is 5.92 Å². The molecule has 1 aromatic carbocycles. The highest BCUT2D eigenvalue weighted by Gasteiger charge is 2.42. The van der Waals surface area contributed by atoms with E-state index >= 15 is 0 Å². The van der Waals surface area contributed by atoms with Crippen molar-refractivity contribution in [3.63, 3.8) is 0 Å². The van der Waals surface area contributed by atoms with Crippen molar-refractivity contribution in [1.29, 1.82) is 0 Å². The van der Waals surface area contributed by atoms with E-state index in [0.29, 0.717) is 22.7 Å². The number of aromatic nitrogens is 5. The first-order valence-electron chi connectivity index (χ1n) is 7.90. The van der Waals surface area contributed by atoms with E-state index in [4.69, 9.17) is 0 Å². The van der Waals surface area contributed by atoms with Gasteiger partial charge in [-0.15, -0.1) is 10.2 Å². The van der Waals surface area contributed by atoms with Gasteiger partial charge < -0.3 is 9.88 Å². The van der Waals surface area contributed by atoms with Gasteiger partial charge in [-0.2, -0.15) is 21.9 Å². The van der Waals surface area contributed by atoms with Crippen molar-refractivity contribution in [2.75, 3.05) is 0 Å². The summed E-state index contributed by atoms with van der Waals surface area (Å²) in [5, 5.41) is 10.5. The standard InChI is InChI=1S/C15H13F3N6OS/c16-15(17,18)9-3-4-24-12(6-9)20-21-13(24)7-19-14(25)8-1-2-10-11(5-8)23-26-22-10/h1-2,5,9H,3-4,6-7H2,(H,19,25). The Morgan fingerprint density at radius 1 is 1.27 bits per heavy atom. The van der Waals surface area contributed by atoms with Crippen molar-refractivity contribution in [3.05, 3.63) is 35.4 Å². The number of alkyl halides is 3. The second-order valence-electron chi connectivity index (χ2n) is 6.07. The van der Waals surface area contributed by atoms with Crippen LogP contribution in [0.3, 0.4) is 0 Å². The number of nitrogens with one attached hydrogen (secondary N) is 1. The summed E-state index contributed by atoms with van der Waals surface area (Å²) in [6.45, 7) is 0.282. The molecule has 11 heteroatoms. The SMILES string of the molecule is O=C(NCc1nnc2n1CCC(C(F)(F)F)C2)c1ccc2nsnc2c1. The van der Waals surface area contributed by atoms with Crippen LogP contribution in [0.1, 0.15) is 28.4 Å². The van der Waals surface area contributed by atoms with Gasteiger partial charge in [0, 0.05) is 18.5 Å². The quantitative estimate of drug-likeness (QED) is 0.752. The van der Waals surface area contributed by atoms with Crippen LogP contribution in [0.5, 0.6) is 0 Å². The third-order valence-electron chi connectivity index (χ3n) is 4.42. The lowest BCUT2D eigenvalue weighted by Gasteiger charge is -2.25. The molecule has 0 spiro atoms. The lowest BCUT2D eigenvalue weighted by molar-refractivity contribution is -0.179. The Labute approximate surface area is 149 Å². The Bertz CT molecular complexity index is 966. The van der Waals surface area contributed by atoms with Crippen molar-refractivity contribution in [3.8, 4) is 0 Å². The van der Waals surface area contributed by atoms with Crippen LogP contribution in [0.25, 0.3) is 11.0 Å². The van der Waals surface area contributed by atoms with Gasteiger partial charge in [0.05, 0.1) is 24.2 Å². The molecular weight excluding hydrogens is 369 g/mol. The summed E-state index contributed by atoms with van der Waals surface area (Å²) >= 11 is 1.07. The molecule has 26 heavy (non-hydrogen) atoms. The topological polar surface area (TPSA) is 85.6 Å². The average molecular weight is 382 g/mol. The summed E-state index contributed by atoms with van der Waals surface area (Å²) in [5.41, 5.74) is 1.79. The first kappa shape index (κ1) is 16.9. The summed E-state index contributed by atoms with van der Waals surface area (Å²) in [6, 6.07) is 5.00. The van der Waals surface area contributed by atoms with Gasteiger partial charge in [0.15, 0.2) is 5.82 Å². The van der Waals surface area contributed by atoms with Crippen LogP contribution in [-0.2, 0) is 19.5 Å². The molecule has 4 rings (SSSR count). The van der Waals surface area contributed by atoms with E-state index in [1.165, 1.54) is 0 Å². The third-order valence-corrected chi connectivity index (χ3v) is 4.98. The van der Waals surface area contributed by atoms with Crippen LogP contribution in [-0.4, -0.2) is 35.6 Å². The second-order valence-corrected chi connectivity index (χ2v) is 6.59. The molecule has 7 nitrogen and oxygen atoms in total. The number of fused-ring (bicyclic) bond motifs is 2. The van der Waals surface area contributed by atoms with E-state index in [-0.39, 0.29) is 31.8 Å². The van der Waals surface area contributed by atoms with Crippen LogP contribution in [0.4, 0.5) is 13.2 Å². The second kappa shape index (κ2) is 6.31.